The lowest BCUT2D eigenvalue weighted by Gasteiger charge is -2.21. The summed E-state index contributed by atoms with van der Waals surface area (Å²) in [5.41, 5.74) is 2.53. The van der Waals surface area contributed by atoms with Gasteiger partial charge >= 0.3 is 0 Å². The number of nitrogens with one attached hydrogen (secondary N) is 1. The summed E-state index contributed by atoms with van der Waals surface area (Å²) in [5, 5.41) is 3.10. The number of amides is 1. The van der Waals surface area contributed by atoms with Gasteiger partial charge < -0.3 is 24.6 Å². The summed E-state index contributed by atoms with van der Waals surface area (Å²) in [5.74, 6) is 1.35. The fourth-order valence-corrected chi connectivity index (χ4v) is 3.18. The van der Waals surface area contributed by atoms with Gasteiger partial charge in [-0.05, 0) is 37.7 Å². The second-order valence-corrected chi connectivity index (χ2v) is 6.84. The summed E-state index contributed by atoms with van der Waals surface area (Å²) >= 11 is 0. The Morgan fingerprint density at radius 1 is 1.21 bits per heavy atom. The normalized spacial score (nSPS) is 13.9. The topological polar surface area (TPSA) is 66.9 Å². The lowest BCUT2D eigenvalue weighted by molar-refractivity contribution is 0.0754. The first-order valence-corrected chi connectivity index (χ1v) is 9.53. The SMILES string of the molecule is CNCCCOc1ccc(CN2CCN(C)c3cc(OC)ncc3C2=O)cc1. The van der Waals surface area contributed by atoms with Gasteiger partial charge in [-0.15, -0.1) is 0 Å². The summed E-state index contributed by atoms with van der Waals surface area (Å²) in [4.78, 5) is 21.2. The molecule has 2 aromatic rings. The maximum atomic E-state index is 13.0. The van der Waals surface area contributed by atoms with Crippen LogP contribution in [0.4, 0.5) is 5.69 Å². The number of hydrogen-bond donors (Lipinski definition) is 1. The van der Waals surface area contributed by atoms with Crippen LogP contribution in [0.5, 0.6) is 11.6 Å². The molecule has 3 rings (SSSR count). The molecule has 1 N–H and O–H groups in total. The Kier molecular flexibility index (Phi) is 6.71. The van der Waals surface area contributed by atoms with Gasteiger partial charge in [0.25, 0.3) is 5.91 Å². The maximum Gasteiger partial charge on any atom is 0.257 e. The largest absolute Gasteiger partial charge is 0.494 e. The number of anilines is 1. The number of rotatable bonds is 8. The zero-order valence-corrected chi connectivity index (χ0v) is 16.8. The number of benzene rings is 1. The number of fused-ring (bicyclic) bond motifs is 1. The second kappa shape index (κ2) is 9.41. The molecule has 1 amide bonds. The molecule has 7 nitrogen and oxygen atoms in total. The Labute approximate surface area is 166 Å². The van der Waals surface area contributed by atoms with Crippen LogP contribution in [0.3, 0.4) is 0 Å². The lowest BCUT2D eigenvalue weighted by Crippen LogP contribution is -2.33. The fraction of sp³-hybridized carbons (Fsp3) is 0.429. The number of carbonyl (C=O) groups is 1. The van der Waals surface area contributed by atoms with Crippen molar-refractivity contribution < 1.29 is 14.3 Å². The number of pyridine rings is 1. The van der Waals surface area contributed by atoms with Crippen molar-refractivity contribution in [3.8, 4) is 11.6 Å². The van der Waals surface area contributed by atoms with Crippen molar-refractivity contribution in [2.45, 2.75) is 13.0 Å². The van der Waals surface area contributed by atoms with Crippen molar-refractivity contribution in [3.63, 3.8) is 0 Å². The smallest absolute Gasteiger partial charge is 0.257 e. The van der Waals surface area contributed by atoms with E-state index in [0.29, 0.717) is 31.1 Å². The number of likely N-dealkylation sites (N-methyl/N-ethyl adjacent to an activating group) is 1. The monoisotopic (exact) mass is 384 g/mol. The van der Waals surface area contributed by atoms with Crippen LogP contribution in [-0.2, 0) is 6.54 Å². The van der Waals surface area contributed by atoms with Crippen molar-refractivity contribution >= 4 is 11.6 Å². The summed E-state index contributed by atoms with van der Waals surface area (Å²) in [6.45, 7) is 3.57. The molecule has 7 heteroatoms. The molecule has 1 aliphatic heterocycles. The molecule has 0 radical (unpaired) electrons. The van der Waals surface area contributed by atoms with Crippen LogP contribution in [0.2, 0.25) is 0 Å². The van der Waals surface area contributed by atoms with Crippen molar-refractivity contribution in [2.24, 2.45) is 0 Å². The molecule has 0 fully saturated rings. The Morgan fingerprint density at radius 2 is 2.00 bits per heavy atom. The Balaban J connectivity index is 1.67. The summed E-state index contributed by atoms with van der Waals surface area (Å²) in [6, 6.07) is 9.77. The highest BCUT2D eigenvalue weighted by Gasteiger charge is 2.26. The maximum absolute atomic E-state index is 13.0. The first kappa shape index (κ1) is 19.9. The molecular weight excluding hydrogens is 356 g/mol. The third-order valence-corrected chi connectivity index (χ3v) is 4.84. The van der Waals surface area contributed by atoms with Gasteiger partial charge in [0.2, 0.25) is 5.88 Å². The molecule has 0 bridgehead atoms. The third kappa shape index (κ3) is 4.72. The Bertz CT molecular complexity index is 795. The predicted molar refractivity (Wildman–Crippen MR) is 109 cm³/mol. The molecule has 0 unspecified atom stereocenters. The van der Waals surface area contributed by atoms with E-state index in [-0.39, 0.29) is 5.91 Å². The van der Waals surface area contributed by atoms with Crippen LogP contribution in [0, 0.1) is 0 Å². The number of methoxy groups -OCH3 is 1. The van der Waals surface area contributed by atoms with Gasteiger partial charge in [0, 0.05) is 38.9 Å². The van der Waals surface area contributed by atoms with E-state index in [1.54, 1.807) is 13.3 Å². The second-order valence-electron chi connectivity index (χ2n) is 6.84. The van der Waals surface area contributed by atoms with Gasteiger partial charge in [-0.3, -0.25) is 4.79 Å². The van der Waals surface area contributed by atoms with Crippen LogP contribution in [0.25, 0.3) is 0 Å². The van der Waals surface area contributed by atoms with E-state index in [0.717, 1.165) is 36.5 Å². The van der Waals surface area contributed by atoms with Crippen LogP contribution >= 0.6 is 0 Å². The van der Waals surface area contributed by atoms with E-state index in [1.807, 2.05) is 49.3 Å². The lowest BCUT2D eigenvalue weighted by atomic mass is 10.1. The summed E-state index contributed by atoms with van der Waals surface area (Å²) in [7, 11) is 5.49. The van der Waals surface area contributed by atoms with E-state index >= 15 is 0 Å². The van der Waals surface area contributed by atoms with Gasteiger partial charge in [0.05, 0.1) is 25.0 Å². The zero-order chi connectivity index (χ0) is 19.9. The molecule has 150 valence electrons. The third-order valence-electron chi connectivity index (χ3n) is 4.84. The number of hydrogen-bond acceptors (Lipinski definition) is 6. The van der Waals surface area contributed by atoms with E-state index in [9.17, 15) is 4.79 Å². The van der Waals surface area contributed by atoms with E-state index in [1.165, 1.54) is 0 Å². The molecule has 28 heavy (non-hydrogen) atoms. The molecule has 0 atom stereocenters. The summed E-state index contributed by atoms with van der Waals surface area (Å²) in [6.07, 6.45) is 2.57. The van der Waals surface area contributed by atoms with Crippen LogP contribution in [0.15, 0.2) is 36.5 Å². The number of nitrogens with zero attached hydrogens (tertiary/aromatic N) is 3. The Hall–Kier alpha value is -2.80. The number of ether oxygens (including phenoxy) is 2. The average Bonchev–Trinajstić information content (AvgIpc) is 2.84. The van der Waals surface area contributed by atoms with Gasteiger partial charge in [-0.1, -0.05) is 12.1 Å². The molecule has 2 heterocycles. The standard InChI is InChI=1S/C21H28N4O3/c1-22-9-4-12-28-17-7-5-16(6-8-17)15-25-11-10-24(2)19-13-20(27-3)23-14-18(19)21(25)26/h5-8,13-14,22H,4,9-12,15H2,1-3H3. The van der Waals surface area contributed by atoms with Crippen LogP contribution < -0.4 is 19.7 Å². The molecular formula is C21H28N4O3. The van der Waals surface area contributed by atoms with Crippen LogP contribution in [-0.4, -0.2) is 63.2 Å². The molecule has 1 aromatic carbocycles. The highest BCUT2D eigenvalue weighted by molar-refractivity contribution is 6.00. The minimum absolute atomic E-state index is 0.0121. The molecule has 1 aliphatic rings. The van der Waals surface area contributed by atoms with Gasteiger partial charge in [0.1, 0.15) is 5.75 Å². The minimum Gasteiger partial charge on any atom is -0.494 e. The minimum atomic E-state index is -0.0121. The van der Waals surface area contributed by atoms with Crippen molar-refractivity contribution in [1.29, 1.82) is 0 Å². The highest BCUT2D eigenvalue weighted by atomic mass is 16.5. The first-order chi connectivity index (χ1) is 13.6. The average molecular weight is 384 g/mol. The molecule has 0 saturated carbocycles. The van der Waals surface area contributed by atoms with Crippen molar-refractivity contribution in [1.82, 2.24) is 15.2 Å². The molecule has 0 spiro atoms. The highest BCUT2D eigenvalue weighted by Crippen LogP contribution is 2.27. The van der Waals surface area contributed by atoms with Crippen molar-refractivity contribution in [2.75, 3.05) is 52.3 Å². The predicted octanol–water partition coefficient (Wildman–Crippen LogP) is 2.17. The molecule has 1 aromatic heterocycles. The van der Waals surface area contributed by atoms with Gasteiger partial charge in [-0.2, -0.15) is 0 Å². The van der Waals surface area contributed by atoms with Crippen LogP contribution in [0.1, 0.15) is 22.3 Å². The van der Waals surface area contributed by atoms with Crippen molar-refractivity contribution in [3.05, 3.63) is 47.7 Å². The fourth-order valence-electron chi connectivity index (χ4n) is 3.18. The first-order valence-electron chi connectivity index (χ1n) is 9.53. The number of carbonyl (C=O) groups excluding carboxylic acids is 1. The molecule has 0 saturated heterocycles. The quantitative estimate of drug-likeness (QED) is 0.704. The number of aromatic nitrogens is 1. The summed E-state index contributed by atoms with van der Waals surface area (Å²) < 4.78 is 10.9. The van der Waals surface area contributed by atoms with E-state index in [4.69, 9.17) is 9.47 Å². The molecule has 0 aliphatic carbocycles. The van der Waals surface area contributed by atoms with Gasteiger partial charge in [0.15, 0.2) is 0 Å². The Morgan fingerprint density at radius 3 is 2.71 bits per heavy atom. The zero-order valence-electron chi connectivity index (χ0n) is 16.8. The van der Waals surface area contributed by atoms with E-state index in [2.05, 4.69) is 15.2 Å². The van der Waals surface area contributed by atoms with E-state index < -0.39 is 0 Å². The van der Waals surface area contributed by atoms with Gasteiger partial charge in [-0.25, -0.2) is 4.98 Å².